The van der Waals surface area contributed by atoms with Crippen LogP contribution in [0.1, 0.15) is 245 Å². The van der Waals surface area contributed by atoms with Crippen molar-refractivity contribution in [3.8, 4) is 0 Å². The summed E-state index contributed by atoms with van der Waals surface area (Å²) in [6, 6.07) is 0. The summed E-state index contributed by atoms with van der Waals surface area (Å²) in [5, 5.41) is 9.60. The minimum absolute atomic E-state index is 0.0691. The Balaban J connectivity index is 3.49. The largest absolute Gasteiger partial charge is 0.462 e. The number of hydrogen-bond donors (Lipinski definition) is 1. The van der Waals surface area contributed by atoms with Crippen LogP contribution in [0.5, 0.6) is 0 Å². The highest BCUT2D eigenvalue weighted by Gasteiger charge is 2.16. The van der Waals surface area contributed by atoms with Crippen LogP contribution in [0.2, 0.25) is 0 Å². The second-order valence-electron chi connectivity index (χ2n) is 16.2. The lowest BCUT2D eigenvalue weighted by Crippen LogP contribution is -2.28. The van der Waals surface area contributed by atoms with Gasteiger partial charge in [-0.25, -0.2) is 0 Å². The molecule has 0 aromatic heterocycles. The van der Waals surface area contributed by atoms with E-state index in [0.717, 1.165) is 64.2 Å². The average molecular weight is 785 g/mol. The average Bonchev–Trinajstić information content (AvgIpc) is 3.20. The van der Waals surface area contributed by atoms with Crippen LogP contribution < -0.4 is 0 Å². The number of allylic oxidation sites excluding steroid dienone is 8. The summed E-state index contributed by atoms with van der Waals surface area (Å²) in [5.74, 6) is -0.596. The molecule has 0 aromatic rings. The van der Waals surface area contributed by atoms with Crippen molar-refractivity contribution >= 4 is 11.9 Å². The number of unbranched alkanes of at least 4 members (excludes halogenated alkanes) is 28. The minimum Gasteiger partial charge on any atom is -0.462 e. The summed E-state index contributed by atoms with van der Waals surface area (Å²) >= 11 is 0. The quantitative estimate of drug-likeness (QED) is 0.0378. The van der Waals surface area contributed by atoms with Crippen LogP contribution in [-0.4, -0.2) is 36.4 Å². The van der Waals surface area contributed by atoms with E-state index in [0.29, 0.717) is 12.8 Å². The molecule has 0 aliphatic heterocycles. The minimum atomic E-state index is -0.777. The maximum atomic E-state index is 12.2. The fourth-order valence-electron chi connectivity index (χ4n) is 6.98. The predicted molar refractivity (Wildman–Crippen MR) is 242 cm³/mol. The van der Waals surface area contributed by atoms with Gasteiger partial charge in [-0.1, -0.05) is 210 Å². The maximum absolute atomic E-state index is 12.2. The van der Waals surface area contributed by atoms with E-state index in [1.807, 2.05) is 0 Å². The molecule has 5 heteroatoms. The molecule has 0 radical (unpaired) electrons. The molecule has 0 rings (SSSR count). The van der Waals surface area contributed by atoms with Gasteiger partial charge in [-0.3, -0.25) is 9.59 Å². The summed E-state index contributed by atoms with van der Waals surface area (Å²) in [6.07, 6.45) is 60.6. The molecule has 0 heterocycles. The molecule has 56 heavy (non-hydrogen) atoms. The first-order chi connectivity index (χ1) is 27.6. The van der Waals surface area contributed by atoms with E-state index in [2.05, 4.69) is 62.5 Å². The van der Waals surface area contributed by atoms with E-state index in [9.17, 15) is 14.7 Å². The Morgan fingerprint density at radius 3 is 1.18 bits per heavy atom. The lowest BCUT2D eigenvalue weighted by atomic mass is 10.0. The first-order valence-electron chi connectivity index (χ1n) is 24.2. The first kappa shape index (κ1) is 53.9. The van der Waals surface area contributed by atoms with E-state index in [1.54, 1.807) is 0 Å². The lowest BCUT2D eigenvalue weighted by molar-refractivity contribution is -0.161. The molecular formula is C51H92O5. The van der Waals surface area contributed by atoms with Gasteiger partial charge >= 0.3 is 11.9 Å². The Hall–Kier alpha value is -2.14. The molecule has 1 unspecified atom stereocenters. The molecular weight excluding hydrogens is 693 g/mol. The van der Waals surface area contributed by atoms with Crippen molar-refractivity contribution in [3.05, 3.63) is 48.6 Å². The van der Waals surface area contributed by atoms with Gasteiger partial charge in [-0.05, 0) is 70.6 Å². The summed E-state index contributed by atoms with van der Waals surface area (Å²) in [4.78, 5) is 24.4. The van der Waals surface area contributed by atoms with E-state index in [1.165, 1.54) is 154 Å². The summed E-state index contributed by atoms with van der Waals surface area (Å²) < 4.78 is 10.7. The van der Waals surface area contributed by atoms with Gasteiger partial charge < -0.3 is 14.6 Å². The second-order valence-corrected chi connectivity index (χ2v) is 16.2. The first-order valence-corrected chi connectivity index (χ1v) is 24.2. The Morgan fingerprint density at radius 1 is 0.429 bits per heavy atom. The molecule has 1 N–H and O–H groups in total. The van der Waals surface area contributed by atoms with Gasteiger partial charge in [0.1, 0.15) is 6.61 Å². The standard InChI is InChI=1S/C51H92O5/c1-3-5-7-9-11-13-15-17-19-21-22-23-24-25-26-27-28-30-31-33-35-37-39-41-43-45-50(53)55-48-49(47-52)56-51(54)46-44-42-40-38-36-34-32-29-20-18-16-14-12-10-8-6-4-2/h6,8,12,14,18,20-22,49,52H,3-5,7,9-11,13,15-17,19,23-48H2,1-2H3/b8-6-,14-12-,20-18-,22-21-. The SMILES string of the molecule is CC/C=C\C/C=C\C/C=C\CCCCCCCCCC(=O)OC(CO)COC(=O)CCCCCCCCCCCCCCC/C=C\CCCCCCCCCC. The van der Waals surface area contributed by atoms with Crippen molar-refractivity contribution < 1.29 is 24.2 Å². The van der Waals surface area contributed by atoms with Crippen molar-refractivity contribution in [1.82, 2.24) is 0 Å². The normalized spacial score (nSPS) is 12.6. The van der Waals surface area contributed by atoms with Gasteiger partial charge in [0.15, 0.2) is 6.10 Å². The molecule has 0 bridgehead atoms. The zero-order valence-electron chi connectivity index (χ0n) is 37.1. The summed E-state index contributed by atoms with van der Waals surface area (Å²) in [5.41, 5.74) is 0. The number of aliphatic hydroxyl groups is 1. The monoisotopic (exact) mass is 785 g/mol. The Kier molecular flexibility index (Phi) is 45.4. The third-order valence-corrected chi connectivity index (χ3v) is 10.6. The topological polar surface area (TPSA) is 72.8 Å². The van der Waals surface area contributed by atoms with Crippen LogP contribution in [0.3, 0.4) is 0 Å². The molecule has 5 nitrogen and oxygen atoms in total. The third-order valence-electron chi connectivity index (χ3n) is 10.6. The van der Waals surface area contributed by atoms with Crippen molar-refractivity contribution in [2.45, 2.75) is 251 Å². The number of ether oxygens (including phenoxy) is 2. The van der Waals surface area contributed by atoms with Crippen molar-refractivity contribution in [1.29, 1.82) is 0 Å². The van der Waals surface area contributed by atoms with Crippen LogP contribution in [0.25, 0.3) is 0 Å². The number of rotatable bonds is 44. The third kappa shape index (κ3) is 44.6. The summed E-state index contributed by atoms with van der Waals surface area (Å²) in [7, 11) is 0. The highest BCUT2D eigenvalue weighted by Crippen LogP contribution is 2.15. The molecule has 0 saturated heterocycles. The molecule has 0 aromatic carbocycles. The Morgan fingerprint density at radius 2 is 0.768 bits per heavy atom. The molecule has 0 spiro atoms. The molecule has 0 saturated carbocycles. The number of hydrogen-bond acceptors (Lipinski definition) is 5. The van der Waals surface area contributed by atoms with Crippen molar-refractivity contribution in [2.75, 3.05) is 13.2 Å². The van der Waals surface area contributed by atoms with Crippen molar-refractivity contribution in [2.24, 2.45) is 0 Å². The molecule has 326 valence electrons. The van der Waals surface area contributed by atoms with Gasteiger partial charge in [0.25, 0.3) is 0 Å². The molecule has 0 aliphatic rings. The van der Waals surface area contributed by atoms with Gasteiger partial charge in [-0.2, -0.15) is 0 Å². The van der Waals surface area contributed by atoms with E-state index >= 15 is 0 Å². The van der Waals surface area contributed by atoms with Crippen LogP contribution in [0.4, 0.5) is 0 Å². The molecule has 0 aliphatic carbocycles. The highest BCUT2D eigenvalue weighted by atomic mass is 16.6. The van der Waals surface area contributed by atoms with Crippen LogP contribution in [-0.2, 0) is 19.1 Å². The van der Waals surface area contributed by atoms with Crippen LogP contribution in [0.15, 0.2) is 48.6 Å². The van der Waals surface area contributed by atoms with Gasteiger partial charge in [-0.15, -0.1) is 0 Å². The molecule has 1 atom stereocenters. The Bertz CT molecular complexity index is 935. The Labute approximate surface area is 348 Å². The van der Waals surface area contributed by atoms with E-state index < -0.39 is 6.10 Å². The lowest BCUT2D eigenvalue weighted by Gasteiger charge is -2.15. The fourth-order valence-corrected chi connectivity index (χ4v) is 6.98. The van der Waals surface area contributed by atoms with Gasteiger partial charge in [0.05, 0.1) is 6.61 Å². The van der Waals surface area contributed by atoms with Crippen molar-refractivity contribution in [3.63, 3.8) is 0 Å². The number of carbonyl (C=O) groups is 2. The van der Waals surface area contributed by atoms with E-state index in [4.69, 9.17) is 9.47 Å². The highest BCUT2D eigenvalue weighted by molar-refractivity contribution is 5.70. The summed E-state index contributed by atoms with van der Waals surface area (Å²) in [6.45, 7) is 4.04. The molecule has 0 amide bonds. The molecule has 0 fully saturated rings. The zero-order chi connectivity index (χ0) is 40.7. The number of carbonyl (C=O) groups excluding carboxylic acids is 2. The van der Waals surface area contributed by atoms with Gasteiger partial charge in [0, 0.05) is 12.8 Å². The second kappa shape index (κ2) is 47.2. The zero-order valence-corrected chi connectivity index (χ0v) is 37.1. The van der Waals surface area contributed by atoms with Crippen LogP contribution in [0, 0.1) is 0 Å². The predicted octanol–water partition coefficient (Wildman–Crippen LogP) is 15.7. The number of aliphatic hydroxyl groups excluding tert-OH is 1. The smallest absolute Gasteiger partial charge is 0.306 e. The fraction of sp³-hybridized carbons (Fsp3) is 0.804. The van der Waals surface area contributed by atoms with E-state index in [-0.39, 0.29) is 25.2 Å². The number of esters is 2. The van der Waals surface area contributed by atoms with Gasteiger partial charge in [0.2, 0.25) is 0 Å². The van der Waals surface area contributed by atoms with Crippen LogP contribution >= 0.6 is 0 Å². The maximum Gasteiger partial charge on any atom is 0.306 e.